The Morgan fingerprint density at radius 1 is 1.21 bits per heavy atom. The van der Waals surface area contributed by atoms with Crippen molar-refractivity contribution in [1.29, 1.82) is 0 Å². The summed E-state index contributed by atoms with van der Waals surface area (Å²) in [4.78, 5) is 0. The Labute approximate surface area is 134 Å². The monoisotopic (exact) mass is 340 g/mol. The zero-order valence-corrected chi connectivity index (χ0v) is 13.3. The minimum atomic E-state index is -4.63. The number of halogens is 3. The van der Waals surface area contributed by atoms with Gasteiger partial charge in [0.1, 0.15) is 0 Å². The third-order valence-corrected chi connectivity index (χ3v) is 3.75. The number of aromatic nitrogens is 5. The lowest BCUT2D eigenvalue weighted by Gasteiger charge is -2.11. The van der Waals surface area contributed by atoms with E-state index in [0.29, 0.717) is 27.2 Å². The molecule has 3 aromatic rings. The third-order valence-electron chi connectivity index (χ3n) is 3.75. The lowest BCUT2D eigenvalue weighted by molar-refractivity contribution is -0.146. The smallest absolute Gasteiger partial charge is 0.361 e. The van der Waals surface area contributed by atoms with Crippen molar-refractivity contribution in [2.75, 3.05) is 5.32 Å². The fraction of sp³-hybridized carbons (Fsp3) is 0.429. The van der Waals surface area contributed by atoms with E-state index in [9.17, 15) is 13.2 Å². The van der Waals surface area contributed by atoms with Gasteiger partial charge in [-0.05, 0) is 25.8 Å². The summed E-state index contributed by atoms with van der Waals surface area (Å²) in [5.74, 6) is -0.276. The van der Waals surface area contributed by atoms with Gasteiger partial charge in [-0.15, -0.1) is 15.3 Å². The first kappa shape index (κ1) is 16.2. The Hall–Kier alpha value is -2.65. The maximum Gasteiger partial charge on any atom is 0.453 e. The molecule has 0 saturated carbocycles. The molecule has 10 heteroatoms. The normalized spacial score (nSPS) is 12.1. The quantitative estimate of drug-likeness (QED) is 0.786. The zero-order valence-electron chi connectivity index (χ0n) is 13.3. The number of hydrogen-bond donors (Lipinski definition) is 1. The molecule has 0 amide bonds. The Kier molecular flexibility index (Phi) is 3.90. The average molecular weight is 340 g/mol. The summed E-state index contributed by atoms with van der Waals surface area (Å²) in [6.45, 7) is 5.64. The number of alkyl halides is 3. The van der Waals surface area contributed by atoms with Gasteiger partial charge in [0.15, 0.2) is 17.2 Å². The summed E-state index contributed by atoms with van der Waals surface area (Å²) in [7, 11) is 0. The molecule has 3 rings (SSSR count). The highest BCUT2D eigenvalue weighted by molar-refractivity contribution is 5.58. The van der Waals surface area contributed by atoms with Crippen LogP contribution in [0.4, 0.5) is 19.0 Å². The summed E-state index contributed by atoms with van der Waals surface area (Å²) in [6, 6.07) is 1.79. The number of hydrogen-bond acceptors (Lipinski definition) is 6. The second-order valence-corrected chi connectivity index (χ2v) is 5.35. The van der Waals surface area contributed by atoms with Crippen LogP contribution in [-0.4, -0.2) is 25.0 Å². The lowest BCUT2D eigenvalue weighted by Crippen LogP contribution is -2.15. The van der Waals surface area contributed by atoms with Gasteiger partial charge in [-0.25, -0.2) is 0 Å². The Balaban J connectivity index is 1.96. The average Bonchev–Trinajstić information content (AvgIpc) is 3.15. The standard InChI is InChI=1S/C14H15F3N6O/c1-4-9-5-10(24-22-9)6-18-11-7(2)8(3)12-19-20-13(14(15,16)17)23(12)21-11/h5H,4,6H2,1-3H3,(H,18,21). The van der Waals surface area contributed by atoms with Crippen molar-refractivity contribution in [3.8, 4) is 0 Å². The van der Waals surface area contributed by atoms with Crippen LogP contribution in [0.2, 0.25) is 0 Å². The first-order valence-electron chi connectivity index (χ1n) is 7.29. The second kappa shape index (κ2) is 5.77. The Morgan fingerprint density at radius 3 is 2.58 bits per heavy atom. The molecular formula is C14H15F3N6O. The van der Waals surface area contributed by atoms with Gasteiger partial charge < -0.3 is 9.84 Å². The molecule has 0 spiro atoms. The van der Waals surface area contributed by atoms with E-state index in [1.807, 2.05) is 6.92 Å². The van der Waals surface area contributed by atoms with Crippen LogP contribution in [0.1, 0.15) is 35.3 Å². The van der Waals surface area contributed by atoms with Gasteiger partial charge in [0.05, 0.1) is 12.2 Å². The molecule has 0 atom stereocenters. The molecule has 7 nitrogen and oxygen atoms in total. The van der Waals surface area contributed by atoms with Crippen molar-refractivity contribution >= 4 is 11.5 Å². The molecule has 0 aromatic carbocycles. The minimum absolute atomic E-state index is 0.0818. The molecule has 3 heterocycles. The highest BCUT2D eigenvalue weighted by Gasteiger charge is 2.38. The molecule has 0 fully saturated rings. The SMILES string of the molecule is CCc1cc(CNc2nn3c(C(F)(F)F)nnc3c(C)c2C)on1. The highest BCUT2D eigenvalue weighted by Crippen LogP contribution is 2.29. The van der Waals surface area contributed by atoms with Crippen molar-refractivity contribution in [1.82, 2.24) is 25.0 Å². The zero-order chi connectivity index (χ0) is 17.5. The predicted octanol–water partition coefficient (Wildman–Crippen LogP) is 2.92. The fourth-order valence-corrected chi connectivity index (χ4v) is 2.25. The van der Waals surface area contributed by atoms with Gasteiger partial charge in [-0.2, -0.15) is 17.7 Å². The number of anilines is 1. The van der Waals surface area contributed by atoms with Gasteiger partial charge in [0.2, 0.25) is 0 Å². The highest BCUT2D eigenvalue weighted by atomic mass is 19.4. The van der Waals surface area contributed by atoms with Crippen molar-refractivity contribution < 1.29 is 17.7 Å². The molecular weight excluding hydrogens is 325 g/mol. The molecule has 3 aromatic heterocycles. The molecule has 0 aliphatic carbocycles. The van der Waals surface area contributed by atoms with Crippen molar-refractivity contribution in [2.45, 2.75) is 39.9 Å². The number of rotatable bonds is 4. The summed E-state index contributed by atoms with van der Waals surface area (Å²) in [5.41, 5.74) is 2.15. The van der Waals surface area contributed by atoms with Crippen molar-refractivity contribution in [2.24, 2.45) is 0 Å². The third kappa shape index (κ3) is 2.79. The molecule has 0 aliphatic rings. The lowest BCUT2D eigenvalue weighted by atomic mass is 10.2. The number of fused-ring (bicyclic) bond motifs is 1. The Bertz CT molecular complexity index is 883. The summed E-state index contributed by atoms with van der Waals surface area (Å²) >= 11 is 0. The van der Waals surface area contributed by atoms with Crippen molar-refractivity contribution in [3.05, 3.63) is 34.5 Å². The van der Waals surface area contributed by atoms with Crippen LogP contribution in [0.5, 0.6) is 0 Å². The van der Waals surface area contributed by atoms with Gasteiger partial charge in [0.25, 0.3) is 5.82 Å². The Morgan fingerprint density at radius 2 is 1.96 bits per heavy atom. The molecule has 24 heavy (non-hydrogen) atoms. The molecule has 1 N–H and O–H groups in total. The van der Waals surface area contributed by atoms with Crippen molar-refractivity contribution in [3.63, 3.8) is 0 Å². The van der Waals surface area contributed by atoms with Crippen LogP contribution in [0.15, 0.2) is 10.6 Å². The maximum atomic E-state index is 13.0. The minimum Gasteiger partial charge on any atom is -0.361 e. The maximum absolute atomic E-state index is 13.0. The molecule has 0 saturated heterocycles. The van der Waals surface area contributed by atoms with E-state index in [2.05, 4.69) is 25.8 Å². The van der Waals surface area contributed by atoms with E-state index < -0.39 is 12.0 Å². The van der Waals surface area contributed by atoms with Gasteiger partial charge in [-0.3, -0.25) is 0 Å². The number of nitrogens with one attached hydrogen (secondary N) is 1. The first-order chi connectivity index (χ1) is 11.3. The van der Waals surface area contributed by atoms with E-state index in [1.54, 1.807) is 19.9 Å². The van der Waals surface area contributed by atoms with Crippen LogP contribution in [-0.2, 0) is 19.1 Å². The molecule has 0 radical (unpaired) electrons. The molecule has 0 aliphatic heterocycles. The largest absolute Gasteiger partial charge is 0.453 e. The van der Waals surface area contributed by atoms with Crippen LogP contribution >= 0.6 is 0 Å². The molecule has 128 valence electrons. The number of nitrogens with zero attached hydrogens (tertiary/aromatic N) is 5. The van der Waals surface area contributed by atoms with Gasteiger partial charge in [-0.1, -0.05) is 12.1 Å². The van der Waals surface area contributed by atoms with E-state index in [4.69, 9.17) is 4.52 Å². The van der Waals surface area contributed by atoms with Gasteiger partial charge >= 0.3 is 6.18 Å². The van der Waals surface area contributed by atoms with E-state index in [-0.39, 0.29) is 12.2 Å². The fourth-order valence-electron chi connectivity index (χ4n) is 2.25. The molecule has 0 bridgehead atoms. The second-order valence-electron chi connectivity index (χ2n) is 5.35. The van der Waals surface area contributed by atoms with Gasteiger partial charge in [0, 0.05) is 11.6 Å². The van der Waals surface area contributed by atoms with Crippen LogP contribution in [0.25, 0.3) is 5.65 Å². The van der Waals surface area contributed by atoms with E-state index in [0.717, 1.165) is 12.1 Å². The summed E-state index contributed by atoms with van der Waals surface area (Å²) < 4.78 is 44.9. The topological polar surface area (TPSA) is 81.1 Å². The van der Waals surface area contributed by atoms with E-state index in [1.165, 1.54) is 0 Å². The van der Waals surface area contributed by atoms with Crippen LogP contribution in [0, 0.1) is 13.8 Å². The summed E-state index contributed by atoms with van der Waals surface area (Å²) in [5, 5.41) is 17.7. The van der Waals surface area contributed by atoms with Crippen LogP contribution < -0.4 is 5.32 Å². The number of aryl methyl sites for hydroxylation is 2. The van der Waals surface area contributed by atoms with E-state index >= 15 is 0 Å². The first-order valence-corrected chi connectivity index (χ1v) is 7.29. The predicted molar refractivity (Wildman–Crippen MR) is 78.5 cm³/mol. The van der Waals surface area contributed by atoms with Crippen LogP contribution in [0.3, 0.4) is 0 Å². The summed E-state index contributed by atoms with van der Waals surface area (Å²) in [6.07, 6.45) is -3.90. The molecule has 0 unspecified atom stereocenters.